The van der Waals surface area contributed by atoms with Gasteiger partial charge in [-0.15, -0.1) is 0 Å². The predicted molar refractivity (Wildman–Crippen MR) is 110 cm³/mol. The van der Waals surface area contributed by atoms with E-state index in [-0.39, 0.29) is 23.8 Å². The molecule has 3 aromatic rings. The van der Waals surface area contributed by atoms with E-state index < -0.39 is 10.9 Å². The number of fused-ring (bicyclic) bond motifs is 1. The van der Waals surface area contributed by atoms with E-state index in [9.17, 15) is 19.7 Å². The van der Waals surface area contributed by atoms with E-state index in [1.807, 2.05) is 4.90 Å². The van der Waals surface area contributed by atoms with E-state index in [2.05, 4.69) is 10.1 Å². The summed E-state index contributed by atoms with van der Waals surface area (Å²) in [6, 6.07) is 8.02. The molecule has 0 N–H and O–H groups in total. The van der Waals surface area contributed by atoms with Crippen molar-refractivity contribution in [2.45, 2.75) is 6.92 Å². The molecule has 160 valence electrons. The lowest BCUT2D eigenvalue weighted by Crippen LogP contribution is -2.49. The van der Waals surface area contributed by atoms with Gasteiger partial charge in [0.05, 0.1) is 10.6 Å². The number of hydrogen-bond donors (Lipinski definition) is 0. The minimum Gasteiger partial charge on any atom is -0.452 e. The van der Waals surface area contributed by atoms with Gasteiger partial charge in [0.25, 0.3) is 11.6 Å². The van der Waals surface area contributed by atoms with Crippen LogP contribution in [-0.4, -0.2) is 69.1 Å². The van der Waals surface area contributed by atoms with Crippen molar-refractivity contribution in [2.24, 2.45) is 0 Å². The molecule has 0 bridgehead atoms. The van der Waals surface area contributed by atoms with E-state index in [4.69, 9.17) is 4.74 Å². The molecule has 0 spiro atoms. The number of non-ortho nitro benzene ring substituents is 1. The number of rotatable bonds is 5. The number of esters is 1. The average Bonchev–Trinajstić information content (AvgIpc) is 3.13. The molecule has 1 amide bonds. The number of ether oxygens (including phenoxy) is 1. The molecule has 1 saturated heterocycles. The lowest BCUT2D eigenvalue weighted by Gasteiger charge is -2.36. The summed E-state index contributed by atoms with van der Waals surface area (Å²) in [6.07, 6.45) is 3.24. The molecule has 0 unspecified atom stereocenters. The summed E-state index contributed by atoms with van der Waals surface area (Å²) >= 11 is 0. The van der Waals surface area contributed by atoms with Gasteiger partial charge in [0.1, 0.15) is 5.56 Å². The number of carbonyl (C=O) groups excluding carboxylic acids is 2. The Labute approximate surface area is 177 Å². The van der Waals surface area contributed by atoms with E-state index in [1.165, 1.54) is 16.6 Å². The summed E-state index contributed by atoms with van der Waals surface area (Å²) in [4.78, 5) is 43.2. The maximum absolute atomic E-state index is 12.5. The molecule has 31 heavy (non-hydrogen) atoms. The third-order valence-electron chi connectivity index (χ3n) is 5.16. The van der Waals surface area contributed by atoms with E-state index >= 15 is 0 Å². The van der Waals surface area contributed by atoms with Crippen LogP contribution < -0.4 is 4.90 Å². The van der Waals surface area contributed by atoms with Gasteiger partial charge in [0.15, 0.2) is 12.3 Å². The molecule has 3 heterocycles. The topological polar surface area (TPSA) is 123 Å². The van der Waals surface area contributed by atoms with Gasteiger partial charge in [-0.2, -0.15) is 5.10 Å². The number of piperazine rings is 1. The van der Waals surface area contributed by atoms with Crippen LogP contribution in [0.1, 0.15) is 16.1 Å². The molecule has 1 aliphatic heterocycles. The quantitative estimate of drug-likeness (QED) is 0.343. The third kappa shape index (κ3) is 4.15. The lowest BCUT2D eigenvalue weighted by molar-refractivity contribution is -0.384. The van der Waals surface area contributed by atoms with Crippen LogP contribution in [0.25, 0.3) is 5.65 Å². The number of nitrogens with zero attached hydrogens (tertiary/aromatic N) is 6. The Kier molecular flexibility index (Phi) is 5.48. The van der Waals surface area contributed by atoms with Gasteiger partial charge < -0.3 is 14.5 Å². The predicted octanol–water partition coefficient (Wildman–Crippen LogP) is 1.45. The second-order valence-corrected chi connectivity index (χ2v) is 7.07. The fourth-order valence-corrected chi connectivity index (χ4v) is 3.53. The Morgan fingerprint density at radius 2 is 1.87 bits per heavy atom. The molecule has 2 aromatic heterocycles. The summed E-state index contributed by atoms with van der Waals surface area (Å²) in [6.45, 7) is 3.41. The van der Waals surface area contributed by atoms with Crippen molar-refractivity contribution in [1.82, 2.24) is 19.5 Å². The molecular weight excluding hydrogens is 404 g/mol. The number of nitro benzene ring substituents is 1. The fraction of sp³-hybridized carbons (Fsp3) is 0.300. The highest BCUT2D eigenvalue weighted by Crippen LogP contribution is 2.21. The number of aryl methyl sites for hydroxylation is 1. The Morgan fingerprint density at radius 1 is 1.16 bits per heavy atom. The number of aromatic nitrogens is 3. The maximum Gasteiger partial charge on any atom is 0.344 e. The Morgan fingerprint density at radius 3 is 2.55 bits per heavy atom. The van der Waals surface area contributed by atoms with Gasteiger partial charge >= 0.3 is 5.97 Å². The van der Waals surface area contributed by atoms with Crippen LogP contribution in [0.15, 0.2) is 42.7 Å². The van der Waals surface area contributed by atoms with Crippen molar-refractivity contribution >= 4 is 28.9 Å². The lowest BCUT2D eigenvalue weighted by atomic mass is 10.2. The maximum atomic E-state index is 12.5. The molecule has 4 rings (SSSR count). The Balaban J connectivity index is 1.31. The van der Waals surface area contributed by atoms with Gasteiger partial charge in [-0.25, -0.2) is 14.3 Å². The number of hydrogen-bond acceptors (Lipinski definition) is 8. The van der Waals surface area contributed by atoms with Crippen molar-refractivity contribution in [3.05, 3.63) is 64.1 Å². The largest absolute Gasteiger partial charge is 0.452 e. The number of benzene rings is 1. The van der Waals surface area contributed by atoms with Crippen molar-refractivity contribution in [2.75, 3.05) is 37.7 Å². The summed E-state index contributed by atoms with van der Waals surface area (Å²) in [5.41, 5.74) is 2.01. The van der Waals surface area contributed by atoms with Crippen LogP contribution in [0.4, 0.5) is 11.4 Å². The zero-order chi connectivity index (χ0) is 22.0. The molecule has 0 radical (unpaired) electrons. The molecule has 11 nitrogen and oxygen atoms in total. The van der Waals surface area contributed by atoms with Gasteiger partial charge in [-0.05, 0) is 25.1 Å². The molecule has 1 fully saturated rings. The second-order valence-electron chi connectivity index (χ2n) is 7.07. The van der Waals surface area contributed by atoms with Crippen molar-refractivity contribution in [3.8, 4) is 0 Å². The van der Waals surface area contributed by atoms with Crippen molar-refractivity contribution < 1.29 is 19.2 Å². The summed E-state index contributed by atoms with van der Waals surface area (Å²) in [5.74, 6) is -0.914. The first-order chi connectivity index (χ1) is 14.9. The van der Waals surface area contributed by atoms with Crippen LogP contribution in [0, 0.1) is 17.0 Å². The first-order valence-electron chi connectivity index (χ1n) is 9.68. The van der Waals surface area contributed by atoms with E-state index in [1.54, 1.807) is 42.4 Å². The van der Waals surface area contributed by atoms with Crippen LogP contribution in [0.2, 0.25) is 0 Å². The van der Waals surface area contributed by atoms with Crippen LogP contribution in [0.3, 0.4) is 0 Å². The van der Waals surface area contributed by atoms with Crippen LogP contribution >= 0.6 is 0 Å². The summed E-state index contributed by atoms with van der Waals surface area (Å²) in [5, 5.41) is 15.0. The molecule has 0 saturated carbocycles. The molecule has 0 atom stereocenters. The summed E-state index contributed by atoms with van der Waals surface area (Å²) in [7, 11) is 0. The minimum absolute atomic E-state index is 0.0380. The van der Waals surface area contributed by atoms with Crippen molar-refractivity contribution in [3.63, 3.8) is 0 Å². The van der Waals surface area contributed by atoms with E-state index in [0.29, 0.717) is 37.5 Å². The SMILES string of the molecule is Cc1nn2cccnc2c1C(=O)OCC(=O)N1CCN(c2ccc([N+](=O)[O-])cc2)CC1. The second kappa shape index (κ2) is 8.38. The van der Waals surface area contributed by atoms with Crippen LogP contribution in [-0.2, 0) is 9.53 Å². The smallest absolute Gasteiger partial charge is 0.344 e. The fourth-order valence-electron chi connectivity index (χ4n) is 3.53. The monoisotopic (exact) mass is 424 g/mol. The third-order valence-corrected chi connectivity index (χ3v) is 5.16. The molecule has 1 aromatic carbocycles. The van der Waals surface area contributed by atoms with Gasteiger partial charge in [-0.1, -0.05) is 0 Å². The average molecular weight is 424 g/mol. The van der Waals surface area contributed by atoms with Crippen molar-refractivity contribution in [1.29, 1.82) is 0 Å². The first kappa shape index (κ1) is 20.3. The molecule has 11 heteroatoms. The molecule has 1 aliphatic rings. The van der Waals surface area contributed by atoms with E-state index in [0.717, 1.165) is 5.69 Å². The first-order valence-corrected chi connectivity index (χ1v) is 9.68. The zero-order valence-electron chi connectivity index (χ0n) is 16.8. The number of amides is 1. The number of nitro groups is 1. The van der Waals surface area contributed by atoms with Gasteiger partial charge in [0, 0.05) is 56.4 Å². The standard InChI is InChI=1S/C20H20N6O5/c1-14-18(19-21-7-2-8-25(19)22-14)20(28)31-13-17(27)24-11-9-23(10-12-24)15-3-5-16(6-4-15)26(29)30/h2-8H,9-13H2,1H3. The highest BCUT2D eigenvalue weighted by molar-refractivity contribution is 5.98. The number of carbonyl (C=O) groups is 2. The Bertz CT molecular complexity index is 1130. The zero-order valence-corrected chi connectivity index (χ0v) is 16.8. The summed E-state index contributed by atoms with van der Waals surface area (Å²) < 4.78 is 6.73. The van der Waals surface area contributed by atoms with Gasteiger partial charge in [0.2, 0.25) is 0 Å². The van der Waals surface area contributed by atoms with Crippen LogP contribution in [0.5, 0.6) is 0 Å². The minimum atomic E-state index is -0.635. The molecular formula is C20H20N6O5. The Hall–Kier alpha value is -4.02. The normalized spacial score (nSPS) is 14.0. The number of anilines is 1. The highest BCUT2D eigenvalue weighted by Gasteiger charge is 2.25. The van der Waals surface area contributed by atoms with Gasteiger partial charge in [-0.3, -0.25) is 14.9 Å². The molecule has 0 aliphatic carbocycles. The highest BCUT2D eigenvalue weighted by atomic mass is 16.6.